The lowest BCUT2D eigenvalue weighted by molar-refractivity contribution is 0.0957. The molecule has 0 saturated carbocycles. The minimum Gasteiger partial charge on any atom is -0.357 e. The number of carbonyl (C=O) groups excluding carboxylic acids is 1. The van der Waals surface area contributed by atoms with Gasteiger partial charge in [-0.15, -0.1) is 35.3 Å². The van der Waals surface area contributed by atoms with Crippen LogP contribution in [0.2, 0.25) is 0 Å². The predicted octanol–water partition coefficient (Wildman–Crippen LogP) is 3.12. The lowest BCUT2D eigenvalue weighted by Crippen LogP contribution is -2.41. The molecule has 1 amide bonds. The average molecular weight is 501 g/mol. The lowest BCUT2D eigenvalue weighted by Gasteiger charge is -2.12. The minimum absolute atomic E-state index is 0. The number of rotatable bonds is 8. The van der Waals surface area contributed by atoms with Crippen LogP contribution < -0.4 is 16.0 Å². The molecule has 3 N–H and O–H groups in total. The number of nitrogens with zero attached hydrogens (tertiary/aromatic N) is 2. The first kappa shape index (κ1) is 23.4. The van der Waals surface area contributed by atoms with Gasteiger partial charge < -0.3 is 16.0 Å². The van der Waals surface area contributed by atoms with Crippen LogP contribution >= 0.6 is 35.3 Å². The molecule has 0 radical (unpaired) electrons. The van der Waals surface area contributed by atoms with Crippen molar-refractivity contribution < 1.29 is 4.79 Å². The summed E-state index contributed by atoms with van der Waals surface area (Å²) < 4.78 is 0. The summed E-state index contributed by atoms with van der Waals surface area (Å²) in [5.41, 5.74) is 5.01. The van der Waals surface area contributed by atoms with E-state index in [1.54, 1.807) is 5.51 Å². The summed E-state index contributed by atoms with van der Waals surface area (Å²) in [5.74, 6) is 0.673. The topological polar surface area (TPSA) is 78.4 Å². The van der Waals surface area contributed by atoms with Crippen LogP contribution in [0.5, 0.6) is 0 Å². The van der Waals surface area contributed by atoms with Crippen molar-refractivity contribution in [2.24, 2.45) is 4.99 Å². The molecule has 1 aromatic carbocycles. The Kier molecular flexibility index (Phi) is 11.0. The summed E-state index contributed by atoms with van der Waals surface area (Å²) in [6, 6.07) is 8.36. The highest BCUT2D eigenvalue weighted by molar-refractivity contribution is 14.0. The molecule has 2 aromatic rings. The Balaban J connectivity index is 0.00000364. The Hall–Kier alpha value is -1.68. The van der Waals surface area contributed by atoms with E-state index in [9.17, 15) is 4.79 Å². The van der Waals surface area contributed by atoms with Gasteiger partial charge in [-0.25, -0.2) is 9.98 Å². The monoisotopic (exact) mass is 501 g/mol. The van der Waals surface area contributed by atoms with Crippen molar-refractivity contribution in [3.8, 4) is 0 Å². The van der Waals surface area contributed by atoms with Gasteiger partial charge in [0.15, 0.2) is 5.96 Å². The third-order valence-electron chi connectivity index (χ3n) is 3.91. The van der Waals surface area contributed by atoms with Crippen molar-refractivity contribution in [2.75, 3.05) is 19.6 Å². The van der Waals surface area contributed by atoms with Crippen LogP contribution in [0.15, 0.2) is 34.8 Å². The third-order valence-corrected chi connectivity index (χ3v) is 4.83. The molecule has 0 aliphatic carbocycles. The number of hydrogen-bond acceptors (Lipinski definition) is 4. The summed E-state index contributed by atoms with van der Waals surface area (Å²) in [5, 5.41) is 9.39. The first-order valence-electron chi connectivity index (χ1n) is 8.92. The molecule has 0 atom stereocenters. The smallest absolute Gasteiger partial charge is 0.263 e. The van der Waals surface area contributed by atoms with E-state index in [-0.39, 0.29) is 29.9 Å². The second-order valence-electron chi connectivity index (χ2n) is 5.77. The maximum atomic E-state index is 12.1. The van der Waals surface area contributed by atoms with Gasteiger partial charge in [0.25, 0.3) is 5.91 Å². The minimum atomic E-state index is -0.0781. The molecule has 0 aliphatic rings. The summed E-state index contributed by atoms with van der Waals surface area (Å²) in [4.78, 5) is 21.5. The van der Waals surface area contributed by atoms with Gasteiger partial charge in [0.2, 0.25) is 0 Å². The number of halogens is 1. The van der Waals surface area contributed by atoms with Gasteiger partial charge in [0.05, 0.1) is 17.7 Å². The number of aryl methyl sites for hydroxylation is 2. The first-order valence-corrected chi connectivity index (χ1v) is 9.80. The van der Waals surface area contributed by atoms with Gasteiger partial charge >= 0.3 is 0 Å². The van der Waals surface area contributed by atoms with Crippen LogP contribution in [0.4, 0.5) is 0 Å². The highest BCUT2D eigenvalue weighted by Gasteiger charge is 2.10. The van der Waals surface area contributed by atoms with E-state index in [1.165, 1.54) is 22.5 Å². The zero-order valence-electron chi connectivity index (χ0n) is 16.0. The lowest BCUT2D eigenvalue weighted by atomic mass is 10.1. The summed E-state index contributed by atoms with van der Waals surface area (Å²) in [6.07, 6.45) is 0.999. The number of aromatic nitrogens is 1. The van der Waals surface area contributed by atoms with Crippen LogP contribution in [0, 0.1) is 6.92 Å². The fourth-order valence-corrected chi connectivity index (χ4v) is 3.24. The first-order chi connectivity index (χ1) is 12.7. The summed E-state index contributed by atoms with van der Waals surface area (Å²) >= 11 is 1.36. The highest BCUT2D eigenvalue weighted by Crippen LogP contribution is 2.11. The molecular weight excluding hydrogens is 473 g/mol. The molecule has 27 heavy (non-hydrogen) atoms. The third kappa shape index (κ3) is 7.45. The van der Waals surface area contributed by atoms with E-state index in [0.717, 1.165) is 24.6 Å². The average Bonchev–Trinajstić information content (AvgIpc) is 3.09. The van der Waals surface area contributed by atoms with Gasteiger partial charge in [0, 0.05) is 19.6 Å². The number of aliphatic imine (C=N–C) groups is 1. The van der Waals surface area contributed by atoms with Crippen molar-refractivity contribution in [1.29, 1.82) is 0 Å². The summed E-state index contributed by atoms with van der Waals surface area (Å²) in [7, 11) is 0. The van der Waals surface area contributed by atoms with E-state index in [4.69, 9.17) is 0 Å². The standard InChI is InChI=1S/C19H27N5OS.HI/c1-4-15-8-6-7-9-16(15)12-23-19(20-5-2)22-11-10-21-18(25)17-14(3)24-13-26-17;/h6-9,13H,4-5,10-12H2,1-3H3,(H,21,25)(H2,20,22,23);1H. The van der Waals surface area contributed by atoms with Gasteiger partial charge in [0.1, 0.15) is 4.88 Å². The second kappa shape index (κ2) is 12.7. The quantitative estimate of drug-likeness (QED) is 0.225. The molecule has 0 aliphatic heterocycles. The zero-order valence-corrected chi connectivity index (χ0v) is 19.2. The van der Waals surface area contributed by atoms with Crippen molar-refractivity contribution in [2.45, 2.75) is 33.7 Å². The van der Waals surface area contributed by atoms with Crippen LogP contribution in [-0.4, -0.2) is 36.5 Å². The molecule has 1 aromatic heterocycles. The number of amides is 1. The Morgan fingerprint density at radius 3 is 2.44 bits per heavy atom. The zero-order chi connectivity index (χ0) is 18.8. The SMILES string of the molecule is CCNC(=NCc1ccccc1CC)NCCNC(=O)c1scnc1C.I. The van der Waals surface area contributed by atoms with Crippen LogP contribution in [0.3, 0.4) is 0 Å². The number of guanidine groups is 1. The molecule has 8 heteroatoms. The maximum Gasteiger partial charge on any atom is 0.263 e. The molecule has 148 valence electrons. The molecule has 0 saturated heterocycles. The number of thiazole rings is 1. The molecule has 0 fully saturated rings. The van der Waals surface area contributed by atoms with Crippen LogP contribution in [0.1, 0.15) is 40.3 Å². The molecule has 0 spiro atoms. The summed E-state index contributed by atoms with van der Waals surface area (Å²) in [6.45, 7) is 8.56. The van der Waals surface area contributed by atoms with Crippen LogP contribution in [-0.2, 0) is 13.0 Å². The Morgan fingerprint density at radius 1 is 1.11 bits per heavy atom. The number of hydrogen-bond donors (Lipinski definition) is 3. The largest absolute Gasteiger partial charge is 0.357 e. The van der Waals surface area contributed by atoms with E-state index in [2.05, 4.69) is 51.0 Å². The van der Waals surface area contributed by atoms with E-state index in [1.807, 2.05) is 19.9 Å². The maximum absolute atomic E-state index is 12.1. The van der Waals surface area contributed by atoms with E-state index in [0.29, 0.717) is 24.5 Å². The van der Waals surface area contributed by atoms with Gasteiger partial charge in [-0.1, -0.05) is 31.2 Å². The van der Waals surface area contributed by atoms with E-state index < -0.39 is 0 Å². The number of carbonyl (C=O) groups is 1. The number of benzene rings is 1. The molecule has 1 heterocycles. The van der Waals surface area contributed by atoms with Crippen molar-refractivity contribution in [3.63, 3.8) is 0 Å². The molecule has 0 bridgehead atoms. The Bertz CT molecular complexity index is 747. The molecule has 2 rings (SSSR count). The van der Waals surface area contributed by atoms with Gasteiger partial charge in [-0.2, -0.15) is 0 Å². The predicted molar refractivity (Wildman–Crippen MR) is 123 cm³/mol. The van der Waals surface area contributed by atoms with Crippen LogP contribution in [0.25, 0.3) is 0 Å². The number of nitrogens with one attached hydrogen (secondary N) is 3. The van der Waals surface area contributed by atoms with Gasteiger partial charge in [-0.3, -0.25) is 4.79 Å². The molecular formula is C19H28IN5OS. The van der Waals surface area contributed by atoms with E-state index >= 15 is 0 Å². The Morgan fingerprint density at radius 2 is 1.81 bits per heavy atom. The normalized spacial score (nSPS) is 10.9. The molecule has 6 nitrogen and oxygen atoms in total. The second-order valence-corrected chi connectivity index (χ2v) is 6.62. The molecule has 0 unspecified atom stereocenters. The van der Waals surface area contributed by atoms with Crippen molar-refractivity contribution >= 4 is 47.2 Å². The fourth-order valence-electron chi connectivity index (χ4n) is 2.52. The van der Waals surface area contributed by atoms with Gasteiger partial charge in [-0.05, 0) is 31.4 Å². The fraction of sp³-hybridized carbons (Fsp3) is 0.421. The van der Waals surface area contributed by atoms with Crippen molar-refractivity contribution in [1.82, 2.24) is 20.9 Å². The Labute approximate surface area is 182 Å². The van der Waals surface area contributed by atoms with Crippen molar-refractivity contribution in [3.05, 3.63) is 51.5 Å². The highest BCUT2D eigenvalue weighted by atomic mass is 127.